The Balaban J connectivity index is 1.90. The highest BCUT2D eigenvalue weighted by atomic mass is 16.5. The van der Waals surface area contributed by atoms with Gasteiger partial charge in [-0.3, -0.25) is 14.5 Å². The van der Waals surface area contributed by atoms with E-state index in [4.69, 9.17) is 4.74 Å². The van der Waals surface area contributed by atoms with Crippen LogP contribution >= 0.6 is 0 Å². The number of carbonyl (C=O) groups is 3. The number of nitrogens with zero attached hydrogens (tertiary/aromatic N) is 1. The molecule has 0 aromatic heterocycles. The SMILES string of the molecule is Cc1cccc(C(C)C)c1NC(=O)CN1C(=O)C(C)Oc2ccc(C(=O)O)cc21. The predicted molar refractivity (Wildman–Crippen MR) is 110 cm³/mol. The molecule has 0 radical (unpaired) electrons. The molecule has 0 saturated heterocycles. The molecular formula is C22H24N2O5. The summed E-state index contributed by atoms with van der Waals surface area (Å²) in [5.74, 6) is -1.30. The number of rotatable bonds is 5. The summed E-state index contributed by atoms with van der Waals surface area (Å²) in [4.78, 5) is 38.1. The van der Waals surface area contributed by atoms with Crippen molar-refractivity contribution in [2.45, 2.75) is 39.7 Å². The first-order valence-corrected chi connectivity index (χ1v) is 9.43. The van der Waals surface area contributed by atoms with Crippen LogP contribution in [0.2, 0.25) is 0 Å². The van der Waals surface area contributed by atoms with E-state index in [-0.39, 0.29) is 29.6 Å². The molecule has 3 rings (SSSR count). The number of amides is 2. The van der Waals surface area contributed by atoms with Crippen molar-refractivity contribution < 1.29 is 24.2 Å². The molecule has 152 valence electrons. The second-order valence-corrected chi connectivity index (χ2v) is 7.41. The van der Waals surface area contributed by atoms with Crippen molar-refractivity contribution >= 4 is 29.2 Å². The van der Waals surface area contributed by atoms with Gasteiger partial charge in [-0.2, -0.15) is 0 Å². The van der Waals surface area contributed by atoms with Crippen LogP contribution in [0.3, 0.4) is 0 Å². The second-order valence-electron chi connectivity index (χ2n) is 7.41. The quantitative estimate of drug-likeness (QED) is 0.805. The zero-order valence-corrected chi connectivity index (χ0v) is 16.9. The number of anilines is 2. The Morgan fingerprint density at radius 2 is 1.97 bits per heavy atom. The van der Waals surface area contributed by atoms with Crippen LogP contribution in [0.5, 0.6) is 5.75 Å². The summed E-state index contributed by atoms with van der Waals surface area (Å²) in [6.07, 6.45) is -0.768. The lowest BCUT2D eigenvalue weighted by molar-refractivity contribution is -0.127. The monoisotopic (exact) mass is 396 g/mol. The number of carbonyl (C=O) groups excluding carboxylic acids is 2. The third kappa shape index (κ3) is 4.08. The van der Waals surface area contributed by atoms with Gasteiger partial charge in [-0.25, -0.2) is 4.79 Å². The molecule has 0 fully saturated rings. The van der Waals surface area contributed by atoms with Crippen LogP contribution in [-0.4, -0.2) is 35.5 Å². The molecule has 7 nitrogen and oxygen atoms in total. The molecule has 0 bridgehead atoms. The highest BCUT2D eigenvalue weighted by Crippen LogP contribution is 2.35. The highest BCUT2D eigenvalue weighted by Gasteiger charge is 2.33. The van der Waals surface area contributed by atoms with E-state index in [9.17, 15) is 19.5 Å². The summed E-state index contributed by atoms with van der Waals surface area (Å²) in [7, 11) is 0. The van der Waals surface area contributed by atoms with Crippen molar-refractivity contribution in [1.29, 1.82) is 0 Å². The summed E-state index contributed by atoms with van der Waals surface area (Å²) in [5.41, 5.74) is 2.97. The molecular weight excluding hydrogens is 372 g/mol. The molecule has 2 amide bonds. The minimum atomic E-state index is -1.12. The Kier molecular flexibility index (Phi) is 5.59. The number of carboxylic acids is 1. The van der Waals surface area contributed by atoms with Crippen LogP contribution in [-0.2, 0) is 9.59 Å². The third-order valence-corrected chi connectivity index (χ3v) is 4.91. The van der Waals surface area contributed by atoms with E-state index in [2.05, 4.69) is 5.32 Å². The molecule has 1 heterocycles. The first-order chi connectivity index (χ1) is 13.7. The third-order valence-electron chi connectivity index (χ3n) is 4.91. The van der Waals surface area contributed by atoms with Crippen molar-refractivity contribution in [3.8, 4) is 5.75 Å². The molecule has 0 aliphatic carbocycles. The molecule has 1 aliphatic heterocycles. The largest absolute Gasteiger partial charge is 0.479 e. The number of carboxylic acid groups (broad SMARTS) is 1. The van der Waals surface area contributed by atoms with Gasteiger partial charge in [-0.15, -0.1) is 0 Å². The van der Waals surface area contributed by atoms with Crippen molar-refractivity contribution in [2.75, 3.05) is 16.8 Å². The van der Waals surface area contributed by atoms with Crippen LogP contribution in [0.25, 0.3) is 0 Å². The van der Waals surface area contributed by atoms with Crippen molar-refractivity contribution in [2.24, 2.45) is 0 Å². The number of hydrogen-bond acceptors (Lipinski definition) is 4. The number of fused-ring (bicyclic) bond motifs is 1. The zero-order valence-electron chi connectivity index (χ0n) is 16.9. The summed E-state index contributed by atoms with van der Waals surface area (Å²) < 4.78 is 5.56. The lowest BCUT2D eigenvalue weighted by Gasteiger charge is -2.33. The minimum Gasteiger partial charge on any atom is -0.479 e. The van der Waals surface area contributed by atoms with Gasteiger partial charge in [0.05, 0.1) is 11.3 Å². The van der Waals surface area contributed by atoms with Gasteiger partial charge in [0, 0.05) is 5.69 Å². The Labute approximate surface area is 169 Å². The predicted octanol–water partition coefficient (Wildman–Crippen LogP) is 3.57. The Morgan fingerprint density at radius 1 is 1.24 bits per heavy atom. The lowest BCUT2D eigenvalue weighted by atomic mass is 9.98. The molecule has 0 spiro atoms. The fraction of sp³-hybridized carbons (Fsp3) is 0.318. The van der Waals surface area contributed by atoms with E-state index in [1.165, 1.54) is 23.1 Å². The minimum absolute atomic E-state index is 0.0149. The summed E-state index contributed by atoms with van der Waals surface area (Å²) in [6.45, 7) is 7.36. The van der Waals surface area contributed by atoms with Gasteiger partial charge in [0.2, 0.25) is 5.91 Å². The summed E-state index contributed by atoms with van der Waals surface area (Å²) in [5, 5.41) is 12.2. The van der Waals surface area contributed by atoms with Gasteiger partial charge in [0.1, 0.15) is 12.3 Å². The molecule has 0 saturated carbocycles. The maximum Gasteiger partial charge on any atom is 0.335 e. The van der Waals surface area contributed by atoms with Crippen LogP contribution in [0.4, 0.5) is 11.4 Å². The second kappa shape index (κ2) is 7.95. The van der Waals surface area contributed by atoms with Gasteiger partial charge in [0.15, 0.2) is 6.10 Å². The van der Waals surface area contributed by atoms with E-state index in [0.717, 1.165) is 16.8 Å². The maximum absolute atomic E-state index is 12.8. The average molecular weight is 396 g/mol. The van der Waals surface area contributed by atoms with Gasteiger partial charge in [-0.05, 0) is 49.1 Å². The van der Waals surface area contributed by atoms with Gasteiger partial charge < -0.3 is 15.2 Å². The topological polar surface area (TPSA) is 95.9 Å². The van der Waals surface area contributed by atoms with E-state index in [0.29, 0.717) is 5.75 Å². The van der Waals surface area contributed by atoms with Crippen molar-refractivity contribution in [3.63, 3.8) is 0 Å². The fourth-order valence-corrected chi connectivity index (χ4v) is 3.37. The van der Waals surface area contributed by atoms with Crippen molar-refractivity contribution in [3.05, 3.63) is 53.1 Å². The molecule has 2 aromatic rings. The van der Waals surface area contributed by atoms with Crippen LogP contribution < -0.4 is 15.0 Å². The summed E-state index contributed by atoms with van der Waals surface area (Å²) >= 11 is 0. The molecule has 2 aromatic carbocycles. The van der Waals surface area contributed by atoms with Gasteiger partial charge >= 0.3 is 5.97 Å². The molecule has 1 aliphatic rings. The number of hydrogen-bond donors (Lipinski definition) is 2. The number of nitrogens with one attached hydrogen (secondary N) is 1. The number of benzene rings is 2. The van der Waals surface area contributed by atoms with Gasteiger partial charge in [0.25, 0.3) is 5.91 Å². The zero-order chi connectivity index (χ0) is 21.3. The van der Waals surface area contributed by atoms with Crippen LogP contribution in [0.1, 0.15) is 48.2 Å². The molecule has 7 heteroatoms. The van der Waals surface area contributed by atoms with Crippen LogP contribution in [0, 0.1) is 6.92 Å². The fourth-order valence-electron chi connectivity index (χ4n) is 3.37. The Hall–Kier alpha value is -3.35. The lowest BCUT2D eigenvalue weighted by Crippen LogP contribution is -2.47. The van der Waals surface area contributed by atoms with Crippen LogP contribution in [0.15, 0.2) is 36.4 Å². The molecule has 29 heavy (non-hydrogen) atoms. The molecule has 1 unspecified atom stereocenters. The van der Waals surface area contributed by atoms with E-state index in [1.54, 1.807) is 6.92 Å². The molecule has 1 atom stereocenters. The first kappa shape index (κ1) is 20.4. The van der Waals surface area contributed by atoms with E-state index < -0.39 is 18.0 Å². The Morgan fingerprint density at radius 3 is 2.62 bits per heavy atom. The maximum atomic E-state index is 12.8. The van der Waals surface area contributed by atoms with Crippen molar-refractivity contribution in [1.82, 2.24) is 0 Å². The first-order valence-electron chi connectivity index (χ1n) is 9.43. The standard InChI is InChI=1S/C22H24N2O5/c1-12(2)16-7-5-6-13(3)20(16)23-19(25)11-24-17-10-15(22(27)28)8-9-18(17)29-14(4)21(24)26/h5-10,12,14H,11H2,1-4H3,(H,23,25)(H,27,28). The smallest absolute Gasteiger partial charge is 0.335 e. The summed E-state index contributed by atoms with van der Waals surface area (Å²) in [6, 6.07) is 10.1. The normalized spacial score (nSPS) is 15.7. The molecule has 2 N–H and O–H groups in total. The number of aromatic carboxylic acids is 1. The Bertz CT molecular complexity index is 983. The highest BCUT2D eigenvalue weighted by molar-refractivity contribution is 6.07. The number of para-hydroxylation sites is 1. The number of ether oxygens (including phenoxy) is 1. The van der Waals surface area contributed by atoms with E-state index >= 15 is 0 Å². The van der Waals surface area contributed by atoms with E-state index in [1.807, 2.05) is 39.0 Å². The number of aryl methyl sites for hydroxylation is 1. The van der Waals surface area contributed by atoms with Gasteiger partial charge in [-0.1, -0.05) is 32.0 Å². The average Bonchev–Trinajstić information content (AvgIpc) is 2.66.